The number of rotatable bonds is 5. The van der Waals surface area contributed by atoms with Crippen LogP contribution >= 0.6 is 0 Å². The lowest BCUT2D eigenvalue weighted by Crippen LogP contribution is -2.37. The number of likely N-dealkylation sites (tertiary alicyclic amines) is 1. The number of aryl methyl sites for hydroxylation is 1. The van der Waals surface area contributed by atoms with Gasteiger partial charge in [-0.1, -0.05) is 0 Å². The SMILES string of the molecule is CN1CCC(CNC(=O)CCc2cc(=O)c(=O)[nH][nH]2)CC1. The number of hydrogen-bond donors (Lipinski definition) is 3. The zero-order valence-electron chi connectivity index (χ0n) is 12.3. The van der Waals surface area contributed by atoms with Crippen molar-refractivity contribution in [3.05, 3.63) is 32.3 Å². The van der Waals surface area contributed by atoms with E-state index in [0.717, 1.165) is 32.5 Å². The molecule has 1 aliphatic heterocycles. The Morgan fingerprint density at radius 3 is 2.71 bits per heavy atom. The van der Waals surface area contributed by atoms with Crippen LogP contribution in [0.3, 0.4) is 0 Å². The van der Waals surface area contributed by atoms with Gasteiger partial charge in [-0.15, -0.1) is 0 Å². The van der Waals surface area contributed by atoms with Gasteiger partial charge in [0.25, 0.3) is 0 Å². The number of aromatic amines is 2. The Morgan fingerprint density at radius 2 is 2.05 bits per heavy atom. The molecule has 0 spiro atoms. The molecule has 2 rings (SSSR count). The van der Waals surface area contributed by atoms with Crippen LogP contribution in [-0.4, -0.2) is 47.7 Å². The van der Waals surface area contributed by atoms with Crippen LogP contribution in [0.15, 0.2) is 15.7 Å². The summed E-state index contributed by atoms with van der Waals surface area (Å²) in [5.41, 5.74) is -0.699. The van der Waals surface area contributed by atoms with Gasteiger partial charge in [-0.3, -0.25) is 19.5 Å². The van der Waals surface area contributed by atoms with Gasteiger partial charge in [0, 0.05) is 24.7 Å². The topological polar surface area (TPSA) is 98.1 Å². The van der Waals surface area contributed by atoms with Crippen LogP contribution in [0, 0.1) is 5.92 Å². The van der Waals surface area contributed by atoms with Crippen LogP contribution in [-0.2, 0) is 11.2 Å². The number of aromatic nitrogens is 2. The summed E-state index contributed by atoms with van der Waals surface area (Å²) in [6, 6.07) is 1.24. The normalized spacial score (nSPS) is 16.8. The Labute approximate surface area is 122 Å². The van der Waals surface area contributed by atoms with Crippen LogP contribution in [0.2, 0.25) is 0 Å². The summed E-state index contributed by atoms with van der Waals surface area (Å²) in [4.78, 5) is 36.2. The van der Waals surface area contributed by atoms with Gasteiger partial charge in [0.15, 0.2) is 0 Å². The van der Waals surface area contributed by atoms with E-state index in [-0.39, 0.29) is 5.91 Å². The Balaban J connectivity index is 1.71. The number of carbonyl (C=O) groups is 1. The van der Waals surface area contributed by atoms with Crippen molar-refractivity contribution >= 4 is 5.91 Å². The number of H-pyrrole nitrogens is 2. The number of amides is 1. The molecule has 1 saturated heterocycles. The first kappa shape index (κ1) is 15.5. The van der Waals surface area contributed by atoms with Crippen molar-refractivity contribution in [2.24, 2.45) is 5.92 Å². The summed E-state index contributed by atoms with van der Waals surface area (Å²) in [7, 11) is 2.11. The fourth-order valence-corrected chi connectivity index (χ4v) is 2.45. The summed E-state index contributed by atoms with van der Waals surface area (Å²) in [6.07, 6.45) is 2.94. The van der Waals surface area contributed by atoms with Crippen molar-refractivity contribution in [2.45, 2.75) is 25.7 Å². The van der Waals surface area contributed by atoms with Crippen LogP contribution in [0.5, 0.6) is 0 Å². The zero-order valence-corrected chi connectivity index (χ0v) is 12.3. The van der Waals surface area contributed by atoms with Crippen molar-refractivity contribution in [2.75, 3.05) is 26.7 Å². The molecule has 0 saturated carbocycles. The largest absolute Gasteiger partial charge is 0.356 e. The highest BCUT2D eigenvalue weighted by Crippen LogP contribution is 2.14. The second-order valence-electron chi connectivity index (χ2n) is 5.66. The average molecular weight is 294 g/mol. The van der Waals surface area contributed by atoms with Crippen molar-refractivity contribution < 1.29 is 4.79 Å². The molecule has 1 aromatic heterocycles. The molecule has 0 aromatic carbocycles. The third kappa shape index (κ3) is 4.86. The first-order chi connectivity index (χ1) is 10.0. The van der Waals surface area contributed by atoms with Crippen molar-refractivity contribution in [3.63, 3.8) is 0 Å². The van der Waals surface area contributed by atoms with Gasteiger partial charge in [-0.05, 0) is 45.3 Å². The molecule has 0 aliphatic carbocycles. The van der Waals surface area contributed by atoms with E-state index in [1.54, 1.807) is 0 Å². The van der Waals surface area contributed by atoms with Crippen LogP contribution < -0.4 is 16.3 Å². The molecule has 3 N–H and O–H groups in total. The van der Waals surface area contributed by atoms with E-state index in [4.69, 9.17) is 0 Å². The molecule has 7 nitrogen and oxygen atoms in total. The summed E-state index contributed by atoms with van der Waals surface area (Å²) >= 11 is 0. The number of nitrogens with one attached hydrogen (secondary N) is 3. The molecule has 1 aliphatic rings. The highest BCUT2D eigenvalue weighted by molar-refractivity contribution is 5.76. The fourth-order valence-electron chi connectivity index (χ4n) is 2.45. The second-order valence-corrected chi connectivity index (χ2v) is 5.66. The Hall–Kier alpha value is -1.89. The van der Waals surface area contributed by atoms with E-state index < -0.39 is 11.0 Å². The van der Waals surface area contributed by atoms with Crippen LogP contribution in [0.25, 0.3) is 0 Å². The molecule has 0 radical (unpaired) electrons. The van der Waals surface area contributed by atoms with E-state index in [1.807, 2.05) is 0 Å². The van der Waals surface area contributed by atoms with Gasteiger partial charge in [0.1, 0.15) is 0 Å². The predicted molar refractivity (Wildman–Crippen MR) is 79.2 cm³/mol. The smallest absolute Gasteiger partial charge is 0.310 e. The van der Waals surface area contributed by atoms with Crippen molar-refractivity contribution in [3.8, 4) is 0 Å². The molecular formula is C14H22N4O3. The molecule has 21 heavy (non-hydrogen) atoms. The lowest BCUT2D eigenvalue weighted by Gasteiger charge is -2.28. The lowest BCUT2D eigenvalue weighted by atomic mass is 9.97. The minimum Gasteiger partial charge on any atom is -0.356 e. The van der Waals surface area contributed by atoms with Gasteiger partial charge >= 0.3 is 5.56 Å². The predicted octanol–water partition coefficient (Wildman–Crippen LogP) is -0.546. The van der Waals surface area contributed by atoms with Crippen molar-refractivity contribution in [1.29, 1.82) is 0 Å². The Bertz CT molecular complexity index is 584. The van der Waals surface area contributed by atoms with E-state index in [9.17, 15) is 14.4 Å². The summed E-state index contributed by atoms with van der Waals surface area (Å²) in [6.45, 7) is 2.88. The quantitative estimate of drug-likeness (QED) is 0.635. The molecule has 1 fully saturated rings. The van der Waals surface area contributed by atoms with E-state index in [2.05, 4.69) is 27.5 Å². The highest BCUT2D eigenvalue weighted by atomic mass is 16.2. The van der Waals surface area contributed by atoms with Gasteiger partial charge in [0.05, 0.1) is 0 Å². The number of hydrogen-bond acceptors (Lipinski definition) is 4. The third-order valence-corrected chi connectivity index (χ3v) is 3.91. The molecule has 0 unspecified atom stereocenters. The minimum atomic E-state index is -0.675. The molecule has 1 amide bonds. The molecule has 0 bridgehead atoms. The Morgan fingerprint density at radius 1 is 1.33 bits per heavy atom. The molecule has 116 valence electrons. The summed E-state index contributed by atoms with van der Waals surface area (Å²) in [5, 5.41) is 7.81. The molecule has 7 heteroatoms. The van der Waals surface area contributed by atoms with Gasteiger partial charge in [-0.2, -0.15) is 0 Å². The molecule has 0 atom stereocenters. The molecule has 1 aromatic rings. The highest BCUT2D eigenvalue weighted by Gasteiger charge is 2.17. The fraction of sp³-hybridized carbons (Fsp3) is 0.643. The second kappa shape index (κ2) is 7.21. The monoisotopic (exact) mass is 294 g/mol. The van der Waals surface area contributed by atoms with E-state index in [1.165, 1.54) is 6.07 Å². The van der Waals surface area contributed by atoms with E-state index in [0.29, 0.717) is 24.5 Å². The molecular weight excluding hydrogens is 272 g/mol. The maximum atomic E-state index is 11.8. The van der Waals surface area contributed by atoms with Crippen molar-refractivity contribution in [1.82, 2.24) is 20.4 Å². The number of nitrogens with zero attached hydrogens (tertiary/aromatic N) is 1. The summed E-state index contributed by atoms with van der Waals surface area (Å²) in [5.74, 6) is 0.527. The first-order valence-electron chi connectivity index (χ1n) is 7.30. The van der Waals surface area contributed by atoms with Gasteiger partial charge in [-0.25, -0.2) is 0 Å². The van der Waals surface area contributed by atoms with Gasteiger partial charge in [0.2, 0.25) is 11.3 Å². The zero-order chi connectivity index (χ0) is 15.2. The van der Waals surface area contributed by atoms with Crippen LogP contribution in [0.1, 0.15) is 25.0 Å². The van der Waals surface area contributed by atoms with Gasteiger partial charge < -0.3 is 15.3 Å². The standard InChI is InChI=1S/C14H22N4O3/c1-18-6-4-10(5-7-18)9-15-13(20)3-2-11-8-12(19)14(21)17-16-11/h8,10H,2-7,9H2,1H3,(H,15,20)(H,16,19)(H,17,21). The third-order valence-electron chi connectivity index (χ3n) is 3.91. The summed E-state index contributed by atoms with van der Waals surface area (Å²) < 4.78 is 0. The number of carbonyl (C=O) groups excluding carboxylic acids is 1. The maximum Gasteiger partial charge on any atom is 0.310 e. The average Bonchev–Trinajstić information content (AvgIpc) is 2.48. The Kier molecular flexibility index (Phi) is 5.32. The number of piperidine rings is 1. The lowest BCUT2D eigenvalue weighted by molar-refractivity contribution is -0.121. The maximum absolute atomic E-state index is 11.8. The minimum absolute atomic E-state index is 0.0269. The van der Waals surface area contributed by atoms with E-state index >= 15 is 0 Å². The first-order valence-corrected chi connectivity index (χ1v) is 7.30. The van der Waals surface area contributed by atoms with Crippen LogP contribution in [0.4, 0.5) is 0 Å². The molecule has 2 heterocycles.